The molecule has 1 aromatic carbocycles. The Balaban J connectivity index is 2.36. The molecule has 1 heterocycles. The van der Waals surface area contributed by atoms with E-state index in [2.05, 4.69) is 5.32 Å². The summed E-state index contributed by atoms with van der Waals surface area (Å²) in [5, 5.41) is 11.9. The lowest BCUT2D eigenvalue weighted by Crippen LogP contribution is -2.39. The standard InChI is InChI=1S/C21H25NO6/c1-11(2)8-9-27-17-7-6-15-12(3)16(21(26)28-19(15)13(17)4)10-18(23)22-14(5)20(24)25/h6-8,14H,9-10H2,1-5H3,(H,22,23)(H,24,25)/t14-/m0/s1. The molecular weight excluding hydrogens is 362 g/mol. The van der Waals surface area contributed by atoms with Gasteiger partial charge in [0, 0.05) is 10.9 Å². The first kappa shape index (κ1) is 21.2. The van der Waals surface area contributed by atoms with Crippen LogP contribution in [0.2, 0.25) is 0 Å². The van der Waals surface area contributed by atoms with Crippen molar-refractivity contribution in [3.63, 3.8) is 0 Å². The van der Waals surface area contributed by atoms with E-state index >= 15 is 0 Å². The molecule has 7 nitrogen and oxygen atoms in total. The number of aliphatic carboxylic acids is 1. The Morgan fingerprint density at radius 3 is 2.54 bits per heavy atom. The van der Waals surface area contributed by atoms with Crippen LogP contribution in [0.1, 0.15) is 37.5 Å². The minimum absolute atomic E-state index is 0.209. The molecule has 0 saturated carbocycles. The van der Waals surface area contributed by atoms with E-state index in [9.17, 15) is 14.4 Å². The number of carbonyl (C=O) groups excluding carboxylic acids is 1. The van der Waals surface area contributed by atoms with Gasteiger partial charge in [-0.3, -0.25) is 9.59 Å². The molecule has 0 fully saturated rings. The highest BCUT2D eigenvalue weighted by molar-refractivity contribution is 5.88. The average molecular weight is 387 g/mol. The molecule has 2 aromatic rings. The molecule has 0 spiro atoms. The van der Waals surface area contributed by atoms with Crippen LogP contribution >= 0.6 is 0 Å². The van der Waals surface area contributed by atoms with Gasteiger partial charge in [-0.1, -0.05) is 5.57 Å². The molecule has 28 heavy (non-hydrogen) atoms. The number of carbonyl (C=O) groups is 2. The normalized spacial score (nSPS) is 11.8. The number of hydrogen-bond donors (Lipinski definition) is 2. The second-order valence-electron chi connectivity index (χ2n) is 6.96. The average Bonchev–Trinajstić information content (AvgIpc) is 2.60. The lowest BCUT2D eigenvalue weighted by molar-refractivity contribution is -0.141. The first-order valence-electron chi connectivity index (χ1n) is 8.96. The van der Waals surface area contributed by atoms with Crippen LogP contribution in [0.3, 0.4) is 0 Å². The Hall–Kier alpha value is -3.09. The summed E-state index contributed by atoms with van der Waals surface area (Å²) in [5.41, 5.74) is 2.48. The monoisotopic (exact) mass is 387 g/mol. The summed E-state index contributed by atoms with van der Waals surface area (Å²) >= 11 is 0. The molecule has 0 radical (unpaired) electrons. The van der Waals surface area contributed by atoms with E-state index in [1.54, 1.807) is 19.1 Å². The van der Waals surface area contributed by atoms with E-state index in [1.165, 1.54) is 6.92 Å². The van der Waals surface area contributed by atoms with Crippen LogP contribution < -0.4 is 15.7 Å². The van der Waals surface area contributed by atoms with Crippen molar-refractivity contribution in [2.45, 2.75) is 47.1 Å². The van der Waals surface area contributed by atoms with E-state index in [-0.39, 0.29) is 12.0 Å². The number of allylic oxidation sites excluding steroid dienone is 1. The van der Waals surface area contributed by atoms with Crippen molar-refractivity contribution in [3.05, 3.63) is 50.9 Å². The molecule has 0 saturated heterocycles. The smallest absolute Gasteiger partial charge is 0.340 e. The number of fused-ring (bicyclic) bond motifs is 1. The molecule has 1 amide bonds. The fourth-order valence-electron chi connectivity index (χ4n) is 2.74. The number of carboxylic acids is 1. The van der Waals surface area contributed by atoms with Crippen molar-refractivity contribution in [1.82, 2.24) is 5.32 Å². The van der Waals surface area contributed by atoms with Crippen LogP contribution in [0, 0.1) is 13.8 Å². The van der Waals surface area contributed by atoms with Gasteiger partial charge in [0.25, 0.3) is 0 Å². The first-order valence-corrected chi connectivity index (χ1v) is 8.96. The SMILES string of the molecule is CC(C)=CCOc1ccc2c(C)c(CC(=O)N[C@@H](C)C(=O)O)c(=O)oc2c1C. The molecule has 2 N–H and O–H groups in total. The molecular formula is C21H25NO6. The Labute approximate surface area is 163 Å². The van der Waals surface area contributed by atoms with Crippen molar-refractivity contribution in [1.29, 1.82) is 0 Å². The summed E-state index contributed by atoms with van der Waals surface area (Å²) in [6.45, 7) is 9.28. The Kier molecular flexibility index (Phi) is 6.62. The molecule has 2 rings (SSSR count). The Morgan fingerprint density at radius 2 is 1.93 bits per heavy atom. The van der Waals surface area contributed by atoms with Gasteiger partial charge in [-0.05, 0) is 58.4 Å². The molecule has 0 aliphatic rings. The molecule has 0 aliphatic heterocycles. The number of ether oxygens (including phenoxy) is 1. The minimum atomic E-state index is -1.15. The van der Waals surface area contributed by atoms with Gasteiger partial charge >= 0.3 is 11.6 Å². The van der Waals surface area contributed by atoms with Gasteiger partial charge in [0.1, 0.15) is 24.0 Å². The molecule has 0 bridgehead atoms. The zero-order valence-electron chi connectivity index (χ0n) is 16.7. The van der Waals surface area contributed by atoms with Crippen molar-refractivity contribution >= 4 is 22.8 Å². The van der Waals surface area contributed by atoms with Gasteiger partial charge in [0.15, 0.2) is 0 Å². The third-order valence-corrected chi connectivity index (χ3v) is 4.47. The highest BCUT2D eigenvalue weighted by atomic mass is 16.5. The minimum Gasteiger partial charge on any atom is -0.489 e. The third-order valence-electron chi connectivity index (χ3n) is 4.47. The fourth-order valence-corrected chi connectivity index (χ4v) is 2.74. The van der Waals surface area contributed by atoms with Gasteiger partial charge in [-0.25, -0.2) is 4.79 Å². The van der Waals surface area contributed by atoms with E-state index in [0.29, 0.717) is 34.5 Å². The second-order valence-corrected chi connectivity index (χ2v) is 6.96. The lowest BCUT2D eigenvalue weighted by atomic mass is 10.0. The van der Waals surface area contributed by atoms with Crippen molar-refractivity contribution < 1.29 is 23.8 Å². The zero-order valence-corrected chi connectivity index (χ0v) is 16.7. The van der Waals surface area contributed by atoms with Gasteiger partial charge < -0.3 is 19.6 Å². The number of aryl methyl sites for hydroxylation is 2. The molecule has 0 unspecified atom stereocenters. The highest BCUT2D eigenvalue weighted by Crippen LogP contribution is 2.29. The molecule has 1 atom stereocenters. The number of carboxylic acid groups (broad SMARTS) is 1. The predicted octanol–water partition coefficient (Wildman–Crippen LogP) is 2.89. The topological polar surface area (TPSA) is 106 Å². The first-order chi connectivity index (χ1) is 13.1. The molecule has 1 aromatic heterocycles. The van der Waals surface area contributed by atoms with E-state index < -0.39 is 23.5 Å². The Bertz CT molecular complexity index is 998. The maximum absolute atomic E-state index is 12.5. The van der Waals surface area contributed by atoms with Crippen LogP contribution in [0.15, 0.2) is 33.0 Å². The zero-order chi connectivity index (χ0) is 21.0. The van der Waals surface area contributed by atoms with Crippen molar-refractivity contribution in [2.75, 3.05) is 6.61 Å². The van der Waals surface area contributed by atoms with Gasteiger partial charge in [-0.2, -0.15) is 0 Å². The maximum atomic E-state index is 12.5. The number of amides is 1. The summed E-state index contributed by atoms with van der Waals surface area (Å²) in [6.07, 6.45) is 1.70. The van der Waals surface area contributed by atoms with Gasteiger partial charge in [-0.15, -0.1) is 0 Å². The summed E-state index contributed by atoms with van der Waals surface area (Å²) in [4.78, 5) is 35.4. The lowest BCUT2D eigenvalue weighted by Gasteiger charge is -2.13. The molecule has 7 heteroatoms. The second kappa shape index (κ2) is 8.73. The summed E-state index contributed by atoms with van der Waals surface area (Å²) < 4.78 is 11.2. The third kappa shape index (κ3) is 4.79. The van der Waals surface area contributed by atoms with Crippen LogP contribution in [0.5, 0.6) is 5.75 Å². The predicted molar refractivity (Wildman–Crippen MR) is 106 cm³/mol. The summed E-state index contributed by atoms with van der Waals surface area (Å²) in [6, 6.07) is 2.56. The van der Waals surface area contributed by atoms with E-state index in [4.69, 9.17) is 14.3 Å². The number of rotatable bonds is 7. The Morgan fingerprint density at radius 1 is 1.25 bits per heavy atom. The fraction of sp³-hybridized carbons (Fsp3) is 0.381. The van der Waals surface area contributed by atoms with Crippen LogP contribution in [0.4, 0.5) is 0 Å². The van der Waals surface area contributed by atoms with Crippen molar-refractivity contribution in [3.8, 4) is 5.75 Å². The van der Waals surface area contributed by atoms with Crippen LogP contribution in [-0.4, -0.2) is 29.6 Å². The number of hydrogen-bond acceptors (Lipinski definition) is 5. The molecule has 150 valence electrons. The van der Waals surface area contributed by atoms with Crippen LogP contribution in [0.25, 0.3) is 11.0 Å². The summed E-state index contributed by atoms with van der Waals surface area (Å²) in [7, 11) is 0. The number of nitrogens with one attached hydrogen (secondary N) is 1. The maximum Gasteiger partial charge on any atom is 0.340 e. The highest BCUT2D eigenvalue weighted by Gasteiger charge is 2.20. The van der Waals surface area contributed by atoms with E-state index in [0.717, 1.165) is 5.57 Å². The van der Waals surface area contributed by atoms with Gasteiger partial charge in [0.05, 0.1) is 12.0 Å². The van der Waals surface area contributed by atoms with Crippen LogP contribution in [-0.2, 0) is 16.0 Å². The van der Waals surface area contributed by atoms with E-state index in [1.807, 2.05) is 26.8 Å². The molecule has 0 aliphatic carbocycles. The quantitative estimate of drug-likeness (QED) is 0.559. The van der Waals surface area contributed by atoms with Gasteiger partial charge in [0.2, 0.25) is 5.91 Å². The largest absolute Gasteiger partial charge is 0.489 e. The summed E-state index contributed by atoms with van der Waals surface area (Å²) in [5.74, 6) is -1.08. The van der Waals surface area contributed by atoms with Crippen molar-refractivity contribution in [2.24, 2.45) is 0 Å². The number of benzene rings is 1.